The summed E-state index contributed by atoms with van der Waals surface area (Å²) in [6.45, 7) is 4.78. The van der Waals surface area contributed by atoms with Gasteiger partial charge in [-0.3, -0.25) is 0 Å². The lowest BCUT2D eigenvalue weighted by Gasteiger charge is -2.44. The number of carbonyl (C=O) groups is 2. The Balaban J connectivity index is 2.25. The van der Waals surface area contributed by atoms with Gasteiger partial charge < -0.3 is 25.4 Å². The number of anilines is 2. The Kier molecular flexibility index (Phi) is 4.44. The van der Waals surface area contributed by atoms with E-state index in [2.05, 4.69) is 9.64 Å². The molecule has 0 radical (unpaired) electrons. The summed E-state index contributed by atoms with van der Waals surface area (Å²) in [5.41, 5.74) is 7.74. The van der Waals surface area contributed by atoms with E-state index in [4.69, 9.17) is 5.73 Å². The van der Waals surface area contributed by atoms with Crippen LogP contribution in [0.15, 0.2) is 18.2 Å². The van der Waals surface area contributed by atoms with Crippen LogP contribution in [0.4, 0.5) is 16.2 Å². The first kappa shape index (κ1) is 15.9. The van der Waals surface area contributed by atoms with E-state index >= 15 is 0 Å². The zero-order valence-electron chi connectivity index (χ0n) is 12.9. The maximum atomic E-state index is 11.5. The molecule has 7 nitrogen and oxygen atoms in total. The molecule has 0 spiro atoms. The normalized spacial score (nSPS) is 21.6. The average molecular weight is 307 g/mol. The molecule has 0 aliphatic carbocycles. The Labute approximate surface area is 129 Å². The molecule has 1 aromatic carbocycles. The monoisotopic (exact) mass is 307 g/mol. The Morgan fingerprint density at radius 1 is 1.27 bits per heavy atom. The highest BCUT2D eigenvalue weighted by Gasteiger charge is 2.32. The molecule has 0 saturated carbocycles. The first-order valence-corrected chi connectivity index (χ1v) is 7.09. The van der Waals surface area contributed by atoms with Crippen LogP contribution in [-0.4, -0.2) is 54.4 Å². The molecule has 1 heterocycles. The third-order valence-corrected chi connectivity index (χ3v) is 3.99. The van der Waals surface area contributed by atoms with Gasteiger partial charge in [-0.1, -0.05) is 0 Å². The number of nitrogen functional groups attached to an aromatic ring is 1. The van der Waals surface area contributed by atoms with Crippen molar-refractivity contribution in [2.24, 2.45) is 0 Å². The summed E-state index contributed by atoms with van der Waals surface area (Å²) in [6.07, 6.45) is -0.909. The second kappa shape index (κ2) is 6.13. The molecular weight excluding hydrogens is 286 g/mol. The Hall–Kier alpha value is -2.44. The molecule has 1 aliphatic rings. The summed E-state index contributed by atoms with van der Waals surface area (Å²) in [4.78, 5) is 26.2. The molecule has 120 valence electrons. The minimum Gasteiger partial charge on any atom is -0.465 e. The van der Waals surface area contributed by atoms with Crippen molar-refractivity contribution >= 4 is 23.4 Å². The summed E-state index contributed by atoms with van der Waals surface area (Å²) < 4.78 is 4.68. The van der Waals surface area contributed by atoms with Crippen molar-refractivity contribution in [3.05, 3.63) is 23.8 Å². The van der Waals surface area contributed by atoms with Gasteiger partial charge in [0.05, 0.1) is 24.0 Å². The van der Waals surface area contributed by atoms with Crippen molar-refractivity contribution in [3.8, 4) is 0 Å². The molecule has 2 atom stereocenters. The number of carboxylic acid groups (broad SMARTS) is 1. The van der Waals surface area contributed by atoms with Crippen LogP contribution < -0.4 is 10.6 Å². The second-order valence-corrected chi connectivity index (χ2v) is 5.55. The van der Waals surface area contributed by atoms with E-state index in [1.807, 2.05) is 13.8 Å². The molecule has 3 N–H and O–H groups in total. The van der Waals surface area contributed by atoms with Crippen molar-refractivity contribution < 1.29 is 19.4 Å². The zero-order chi connectivity index (χ0) is 16.4. The van der Waals surface area contributed by atoms with Crippen molar-refractivity contribution in [2.75, 3.05) is 30.8 Å². The summed E-state index contributed by atoms with van der Waals surface area (Å²) in [6, 6.07) is 4.90. The molecule has 0 unspecified atom stereocenters. The lowest BCUT2D eigenvalue weighted by Crippen LogP contribution is -2.58. The molecule has 1 fully saturated rings. The fourth-order valence-electron chi connectivity index (χ4n) is 2.79. The summed E-state index contributed by atoms with van der Waals surface area (Å²) in [5, 5.41) is 9.19. The van der Waals surface area contributed by atoms with E-state index < -0.39 is 12.1 Å². The lowest BCUT2D eigenvalue weighted by molar-refractivity contribution is 0.0600. The third-order valence-electron chi connectivity index (χ3n) is 3.99. The van der Waals surface area contributed by atoms with Gasteiger partial charge in [0, 0.05) is 25.2 Å². The fourth-order valence-corrected chi connectivity index (χ4v) is 2.79. The zero-order valence-corrected chi connectivity index (χ0v) is 12.9. The second-order valence-electron chi connectivity index (χ2n) is 5.55. The predicted molar refractivity (Wildman–Crippen MR) is 83.2 cm³/mol. The fraction of sp³-hybridized carbons (Fsp3) is 0.467. The number of ether oxygens (including phenoxy) is 1. The molecular formula is C15H21N3O4. The predicted octanol–water partition coefficient (Wildman–Crippen LogP) is 1.63. The van der Waals surface area contributed by atoms with E-state index in [-0.39, 0.29) is 12.1 Å². The minimum absolute atomic E-state index is 0.00132. The maximum absolute atomic E-state index is 11.5. The number of carbonyl (C=O) groups excluding carboxylic acids is 1. The summed E-state index contributed by atoms with van der Waals surface area (Å²) in [7, 11) is 1.32. The number of esters is 1. The average Bonchev–Trinajstić information content (AvgIpc) is 2.48. The number of hydrogen-bond donors (Lipinski definition) is 2. The van der Waals surface area contributed by atoms with Gasteiger partial charge in [0.1, 0.15) is 0 Å². The number of rotatable bonds is 2. The highest BCUT2D eigenvalue weighted by Crippen LogP contribution is 2.29. The van der Waals surface area contributed by atoms with Crippen LogP contribution in [0.1, 0.15) is 24.2 Å². The Bertz CT molecular complexity index is 590. The topological polar surface area (TPSA) is 96.1 Å². The van der Waals surface area contributed by atoms with Gasteiger partial charge >= 0.3 is 12.1 Å². The first-order chi connectivity index (χ1) is 10.3. The first-order valence-electron chi connectivity index (χ1n) is 7.09. The Morgan fingerprint density at radius 2 is 1.95 bits per heavy atom. The number of benzene rings is 1. The number of piperazine rings is 1. The highest BCUT2D eigenvalue weighted by atomic mass is 16.5. The maximum Gasteiger partial charge on any atom is 0.407 e. The van der Waals surface area contributed by atoms with Crippen LogP contribution in [0.3, 0.4) is 0 Å². The van der Waals surface area contributed by atoms with Crippen LogP contribution in [0.5, 0.6) is 0 Å². The summed E-state index contributed by atoms with van der Waals surface area (Å²) >= 11 is 0. The molecule has 1 saturated heterocycles. The molecule has 1 amide bonds. The van der Waals surface area contributed by atoms with Gasteiger partial charge in [0.15, 0.2) is 0 Å². The number of amides is 1. The standard InChI is InChI=1S/C15H21N3O4/c1-9-8-18(15(20)21)10(2)7-17(9)13-5-4-11(6-12(13)16)14(19)22-3/h4-6,9-10H,7-8,16H2,1-3H3,(H,20,21)/t9-,10+/m0/s1. The van der Waals surface area contributed by atoms with Crippen molar-refractivity contribution in [3.63, 3.8) is 0 Å². The number of nitrogens with two attached hydrogens (primary N) is 1. The van der Waals surface area contributed by atoms with Gasteiger partial charge in [-0.15, -0.1) is 0 Å². The number of nitrogens with zero attached hydrogens (tertiary/aromatic N) is 2. The SMILES string of the molecule is COC(=O)c1ccc(N2C[C@@H](C)N(C(=O)O)C[C@@H]2C)c(N)c1. The molecule has 0 bridgehead atoms. The van der Waals surface area contributed by atoms with Crippen molar-refractivity contribution in [1.82, 2.24) is 4.90 Å². The van der Waals surface area contributed by atoms with Crippen molar-refractivity contribution in [1.29, 1.82) is 0 Å². The molecule has 22 heavy (non-hydrogen) atoms. The van der Waals surface area contributed by atoms with E-state index in [1.165, 1.54) is 12.0 Å². The van der Waals surface area contributed by atoms with Crippen molar-refractivity contribution in [2.45, 2.75) is 25.9 Å². The van der Waals surface area contributed by atoms with Crippen LogP contribution in [0.2, 0.25) is 0 Å². The van der Waals surface area contributed by atoms with E-state index in [9.17, 15) is 14.7 Å². The quantitative estimate of drug-likeness (QED) is 0.637. The van der Waals surface area contributed by atoms with Crippen LogP contribution in [-0.2, 0) is 4.74 Å². The van der Waals surface area contributed by atoms with Crippen LogP contribution in [0.25, 0.3) is 0 Å². The number of methoxy groups -OCH3 is 1. The van der Waals surface area contributed by atoms with Gasteiger partial charge in [-0.05, 0) is 32.0 Å². The molecule has 1 aromatic rings. The largest absolute Gasteiger partial charge is 0.465 e. The summed E-state index contributed by atoms with van der Waals surface area (Å²) in [5.74, 6) is -0.435. The van der Waals surface area contributed by atoms with Gasteiger partial charge in [-0.25, -0.2) is 9.59 Å². The van der Waals surface area contributed by atoms with E-state index in [1.54, 1.807) is 18.2 Å². The molecule has 7 heteroatoms. The van der Waals surface area contributed by atoms with Gasteiger partial charge in [-0.2, -0.15) is 0 Å². The molecule has 0 aromatic heterocycles. The van der Waals surface area contributed by atoms with E-state index in [0.29, 0.717) is 24.3 Å². The Morgan fingerprint density at radius 3 is 2.50 bits per heavy atom. The van der Waals surface area contributed by atoms with Crippen LogP contribution in [0, 0.1) is 0 Å². The smallest absolute Gasteiger partial charge is 0.407 e. The highest BCUT2D eigenvalue weighted by molar-refractivity contribution is 5.92. The minimum atomic E-state index is -0.909. The molecule has 1 aliphatic heterocycles. The number of hydrogen-bond acceptors (Lipinski definition) is 5. The molecule has 2 rings (SSSR count). The van der Waals surface area contributed by atoms with Crippen LogP contribution >= 0.6 is 0 Å². The van der Waals surface area contributed by atoms with Gasteiger partial charge in [0.25, 0.3) is 0 Å². The lowest BCUT2D eigenvalue weighted by atomic mass is 10.1. The third kappa shape index (κ3) is 2.93. The van der Waals surface area contributed by atoms with Gasteiger partial charge in [0.2, 0.25) is 0 Å². The van der Waals surface area contributed by atoms with E-state index in [0.717, 1.165) is 5.69 Å².